The van der Waals surface area contributed by atoms with Crippen LogP contribution in [0.15, 0.2) is 43.0 Å². The summed E-state index contributed by atoms with van der Waals surface area (Å²) in [5, 5.41) is 9.88. The zero-order valence-corrected chi connectivity index (χ0v) is 12.3. The Morgan fingerprint density at radius 2 is 2.10 bits per heavy atom. The number of benzene rings is 1. The van der Waals surface area contributed by atoms with Crippen molar-refractivity contribution in [3.05, 3.63) is 48.7 Å². The predicted molar refractivity (Wildman–Crippen MR) is 83.2 cm³/mol. The molecule has 0 atom stereocenters. The number of nitrogens with one attached hydrogen (secondary N) is 1. The molecular formula is C16H19N5. The van der Waals surface area contributed by atoms with Gasteiger partial charge in [-0.2, -0.15) is 5.10 Å². The number of aromatic nitrogens is 4. The summed E-state index contributed by atoms with van der Waals surface area (Å²) in [5.74, 6) is 1.45. The van der Waals surface area contributed by atoms with Crippen molar-refractivity contribution in [1.82, 2.24) is 25.1 Å². The van der Waals surface area contributed by atoms with E-state index in [0.717, 1.165) is 30.0 Å². The maximum atomic E-state index is 4.74. The van der Waals surface area contributed by atoms with Gasteiger partial charge in [0.1, 0.15) is 12.7 Å². The van der Waals surface area contributed by atoms with Gasteiger partial charge in [0.05, 0.1) is 5.69 Å². The van der Waals surface area contributed by atoms with Crippen LogP contribution in [0.1, 0.15) is 19.5 Å². The van der Waals surface area contributed by atoms with Crippen LogP contribution in [0.5, 0.6) is 0 Å². The van der Waals surface area contributed by atoms with E-state index in [0.29, 0.717) is 5.92 Å². The van der Waals surface area contributed by atoms with E-state index in [1.807, 2.05) is 12.1 Å². The van der Waals surface area contributed by atoms with E-state index in [4.69, 9.17) is 4.98 Å². The molecule has 1 N–H and O–H groups in total. The van der Waals surface area contributed by atoms with Gasteiger partial charge in [0, 0.05) is 11.9 Å². The molecule has 3 rings (SSSR count). The summed E-state index contributed by atoms with van der Waals surface area (Å²) in [5.41, 5.74) is 1.01. The maximum absolute atomic E-state index is 4.74. The zero-order valence-electron chi connectivity index (χ0n) is 12.3. The lowest BCUT2D eigenvalue weighted by Gasteiger charge is -2.11. The Bertz CT molecular complexity index is 719. The fourth-order valence-corrected chi connectivity index (χ4v) is 2.31. The van der Waals surface area contributed by atoms with Gasteiger partial charge in [0.15, 0.2) is 5.82 Å². The van der Waals surface area contributed by atoms with E-state index in [2.05, 4.69) is 47.4 Å². The smallest absolute Gasteiger partial charge is 0.163 e. The van der Waals surface area contributed by atoms with Crippen LogP contribution in [-0.4, -0.2) is 26.3 Å². The minimum Gasteiger partial charge on any atom is -0.311 e. The molecule has 0 fully saturated rings. The molecule has 0 saturated heterocycles. The van der Waals surface area contributed by atoms with Crippen molar-refractivity contribution < 1.29 is 0 Å². The molecule has 21 heavy (non-hydrogen) atoms. The fourth-order valence-electron chi connectivity index (χ4n) is 2.31. The number of nitrogens with zero attached hydrogens (tertiary/aromatic N) is 4. The first kappa shape index (κ1) is 13.7. The summed E-state index contributed by atoms with van der Waals surface area (Å²) in [6.45, 7) is 6.13. The van der Waals surface area contributed by atoms with Crippen LogP contribution in [-0.2, 0) is 6.54 Å². The second kappa shape index (κ2) is 6.01. The zero-order chi connectivity index (χ0) is 14.7. The first-order chi connectivity index (χ1) is 10.2. The van der Waals surface area contributed by atoms with Crippen molar-refractivity contribution in [2.45, 2.75) is 20.4 Å². The Morgan fingerprint density at radius 1 is 1.24 bits per heavy atom. The van der Waals surface area contributed by atoms with E-state index >= 15 is 0 Å². The van der Waals surface area contributed by atoms with Crippen LogP contribution in [0.4, 0.5) is 0 Å². The highest BCUT2D eigenvalue weighted by Crippen LogP contribution is 2.21. The molecule has 0 amide bonds. The lowest BCUT2D eigenvalue weighted by atomic mass is 10.1. The summed E-state index contributed by atoms with van der Waals surface area (Å²) in [4.78, 5) is 8.75. The van der Waals surface area contributed by atoms with Gasteiger partial charge in [-0.25, -0.2) is 14.6 Å². The van der Waals surface area contributed by atoms with Gasteiger partial charge >= 0.3 is 0 Å². The molecule has 1 aromatic carbocycles. The lowest BCUT2D eigenvalue weighted by molar-refractivity contribution is 0.548. The maximum Gasteiger partial charge on any atom is 0.163 e. The quantitative estimate of drug-likeness (QED) is 0.781. The van der Waals surface area contributed by atoms with Crippen molar-refractivity contribution in [2.75, 3.05) is 6.54 Å². The van der Waals surface area contributed by atoms with E-state index in [9.17, 15) is 0 Å². The summed E-state index contributed by atoms with van der Waals surface area (Å²) in [7, 11) is 0. The monoisotopic (exact) mass is 281 g/mol. The second-order valence-electron chi connectivity index (χ2n) is 5.52. The van der Waals surface area contributed by atoms with E-state index < -0.39 is 0 Å². The van der Waals surface area contributed by atoms with Crippen LogP contribution in [0.25, 0.3) is 16.6 Å². The van der Waals surface area contributed by atoms with Gasteiger partial charge < -0.3 is 5.32 Å². The largest absolute Gasteiger partial charge is 0.311 e. The molecule has 0 saturated carbocycles. The third kappa shape index (κ3) is 3.08. The number of rotatable bonds is 5. The van der Waals surface area contributed by atoms with Crippen LogP contribution < -0.4 is 5.32 Å². The Morgan fingerprint density at radius 3 is 2.86 bits per heavy atom. The van der Waals surface area contributed by atoms with E-state index in [1.165, 1.54) is 11.7 Å². The van der Waals surface area contributed by atoms with Crippen molar-refractivity contribution in [3.63, 3.8) is 0 Å². The first-order valence-electron chi connectivity index (χ1n) is 7.18. The fraction of sp³-hybridized carbons (Fsp3) is 0.312. The van der Waals surface area contributed by atoms with Crippen molar-refractivity contribution in [1.29, 1.82) is 0 Å². The lowest BCUT2D eigenvalue weighted by Crippen LogP contribution is -2.20. The van der Waals surface area contributed by atoms with E-state index in [1.54, 1.807) is 11.0 Å². The number of fused-ring (bicyclic) bond motifs is 1. The highest BCUT2D eigenvalue weighted by atomic mass is 15.3. The van der Waals surface area contributed by atoms with Gasteiger partial charge in [-0.3, -0.25) is 0 Å². The topological polar surface area (TPSA) is 55.6 Å². The van der Waals surface area contributed by atoms with Crippen molar-refractivity contribution >= 4 is 10.8 Å². The Hall–Kier alpha value is -2.27. The predicted octanol–water partition coefficient (Wildman–Crippen LogP) is 2.56. The average Bonchev–Trinajstić information content (AvgIpc) is 3.00. The van der Waals surface area contributed by atoms with Gasteiger partial charge in [0.25, 0.3) is 0 Å². The molecule has 0 aliphatic heterocycles. The Kier molecular flexibility index (Phi) is 3.92. The molecule has 0 spiro atoms. The third-order valence-corrected chi connectivity index (χ3v) is 3.27. The molecule has 2 aromatic heterocycles. The minimum absolute atomic E-state index is 0.625. The summed E-state index contributed by atoms with van der Waals surface area (Å²) >= 11 is 0. The minimum atomic E-state index is 0.625. The van der Waals surface area contributed by atoms with Gasteiger partial charge in [0.2, 0.25) is 0 Å². The third-order valence-electron chi connectivity index (χ3n) is 3.27. The highest BCUT2D eigenvalue weighted by molar-refractivity contribution is 5.88. The molecule has 2 heterocycles. The summed E-state index contributed by atoms with van der Waals surface area (Å²) < 4.78 is 1.72. The molecule has 0 bridgehead atoms. The van der Waals surface area contributed by atoms with Gasteiger partial charge in [-0.15, -0.1) is 0 Å². The molecule has 3 aromatic rings. The molecular weight excluding hydrogens is 262 g/mol. The SMILES string of the molecule is CC(C)CNCc1cc2ccccc2c(-n2cncn2)n1. The molecule has 5 heteroatoms. The Labute approximate surface area is 124 Å². The molecule has 0 aliphatic carbocycles. The van der Waals surface area contributed by atoms with E-state index in [-0.39, 0.29) is 0 Å². The molecule has 5 nitrogen and oxygen atoms in total. The Balaban J connectivity index is 1.99. The van der Waals surface area contributed by atoms with Crippen LogP contribution in [0, 0.1) is 5.92 Å². The molecule has 0 radical (unpaired) electrons. The number of pyridine rings is 1. The first-order valence-corrected chi connectivity index (χ1v) is 7.18. The number of hydrogen-bond acceptors (Lipinski definition) is 4. The standard InChI is InChI=1S/C16H19N5/c1-12(2)8-17-9-14-7-13-5-3-4-6-15(13)16(20-14)21-11-18-10-19-21/h3-7,10-12,17H,8-9H2,1-2H3. The normalized spacial score (nSPS) is 11.4. The van der Waals surface area contributed by atoms with Gasteiger partial charge in [-0.1, -0.05) is 38.1 Å². The average molecular weight is 281 g/mol. The molecule has 0 unspecified atom stereocenters. The van der Waals surface area contributed by atoms with Crippen molar-refractivity contribution in [3.8, 4) is 5.82 Å². The van der Waals surface area contributed by atoms with Crippen molar-refractivity contribution in [2.24, 2.45) is 5.92 Å². The van der Waals surface area contributed by atoms with Crippen LogP contribution in [0.3, 0.4) is 0 Å². The van der Waals surface area contributed by atoms with Crippen LogP contribution >= 0.6 is 0 Å². The molecule has 0 aliphatic rings. The summed E-state index contributed by atoms with van der Waals surface area (Å²) in [6.07, 6.45) is 3.21. The number of hydrogen-bond donors (Lipinski definition) is 1. The summed E-state index contributed by atoms with van der Waals surface area (Å²) in [6, 6.07) is 10.3. The van der Waals surface area contributed by atoms with Crippen LogP contribution in [0.2, 0.25) is 0 Å². The highest BCUT2D eigenvalue weighted by Gasteiger charge is 2.08. The van der Waals surface area contributed by atoms with Gasteiger partial charge in [-0.05, 0) is 23.9 Å². The molecule has 108 valence electrons. The second-order valence-corrected chi connectivity index (χ2v) is 5.52.